The van der Waals surface area contributed by atoms with Crippen molar-refractivity contribution >= 4 is 0 Å². The van der Waals surface area contributed by atoms with E-state index in [9.17, 15) is 0 Å². The Kier molecular flexibility index (Phi) is 4.81. The lowest BCUT2D eigenvalue weighted by molar-refractivity contribution is 0.225. The second kappa shape index (κ2) is 6.37. The largest absolute Gasteiger partial charge is 0.308 e. The summed E-state index contributed by atoms with van der Waals surface area (Å²) in [5.41, 5.74) is 1.35. The monoisotopic (exact) mass is 249 g/mol. The number of nitrogens with zero attached hydrogens (tertiary/aromatic N) is 2. The molecule has 0 radical (unpaired) electrons. The van der Waals surface area contributed by atoms with Gasteiger partial charge >= 0.3 is 0 Å². The quantitative estimate of drug-likeness (QED) is 0.868. The van der Waals surface area contributed by atoms with E-state index in [1.807, 2.05) is 10.9 Å². The minimum Gasteiger partial charge on any atom is -0.308 e. The van der Waals surface area contributed by atoms with Gasteiger partial charge in [0.2, 0.25) is 0 Å². The molecule has 1 aromatic rings. The van der Waals surface area contributed by atoms with Gasteiger partial charge in [0.15, 0.2) is 0 Å². The van der Waals surface area contributed by atoms with Crippen molar-refractivity contribution < 1.29 is 0 Å². The SMILES string of the molecule is CCCNC(c1ccnn1C)C1CCC(C)CC1. The molecule has 1 atom stereocenters. The molecule has 0 aliphatic heterocycles. The Morgan fingerprint density at radius 2 is 2.11 bits per heavy atom. The predicted molar refractivity (Wildman–Crippen MR) is 75.4 cm³/mol. The highest BCUT2D eigenvalue weighted by Crippen LogP contribution is 2.36. The fraction of sp³-hybridized carbons (Fsp3) is 0.800. The Hall–Kier alpha value is -0.830. The average molecular weight is 249 g/mol. The molecular weight excluding hydrogens is 222 g/mol. The topological polar surface area (TPSA) is 29.9 Å². The van der Waals surface area contributed by atoms with Crippen LogP contribution in [0, 0.1) is 11.8 Å². The molecule has 1 aliphatic carbocycles. The second-order valence-electron chi connectivity index (χ2n) is 5.83. The van der Waals surface area contributed by atoms with E-state index in [0.29, 0.717) is 6.04 Å². The van der Waals surface area contributed by atoms with Crippen LogP contribution >= 0.6 is 0 Å². The zero-order valence-electron chi connectivity index (χ0n) is 12.0. The van der Waals surface area contributed by atoms with Gasteiger partial charge in [0, 0.05) is 13.2 Å². The first kappa shape index (κ1) is 13.6. The molecule has 18 heavy (non-hydrogen) atoms. The molecule has 102 valence electrons. The molecule has 1 unspecified atom stereocenters. The smallest absolute Gasteiger partial charge is 0.0553 e. The maximum absolute atomic E-state index is 4.33. The van der Waals surface area contributed by atoms with Crippen LogP contribution in [0.5, 0.6) is 0 Å². The summed E-state index contributed by atoms with van der Waals surface area (Å²) in [5, 5.41) is 8.07. The van der Waals surface area contributed by atoms with Gasteiger partial charge in [-0.25, -0.2) is 0 Å². The third-order valence-corrected chi connectivity index (χ3v) is 4.32. The number of rotatable bonds is 5. The Balaban J connectivity index is 2.07. The summed E-state index contributed by atoms with van der Waals surface area (Å²) < 4.78 is 2.03. The first-order chi connectivity index (χ1) is 8.72. The first-order valence-corrected chi connectivity index (χ1v) is 7.43. The van der Waals surface area contributed by atoms with E-state index in [-0.39, 0.29) is 0 Å². The van der Waals surface area contributed by atoms with Crippen LogP contribution in [-0.4, -0.2) is 16.3 Å². The van der Waals surface area contributed by atoms with E-state index in [4.69, 9.17) is 0 Å². The van der Waals surface area contributed by atoms with Crippen molar-refractivity contribution in [2.75, 3.05) is 6.54 Å². The van der Waals surface area contributed by atoms with Crippen LogP contribution in [0.15, 0.2) is 12.3 Å². The standard InChI is InChI=1S/C15H27N3/c1-4-10-16-15(14-9-11-17-18(14)3)13-7-5-12(2)6-8-13/h9,11-13,15-16H,4-8,10H2,1-3H3. The minimum atomic E-state index is 0.491. The summed E-state index contributed by atoms with van der Waals surface area (Å²) in [4.78, 5) is 0. The zero-order chi connectivity index (χ0) is 13.0. The highest BCUT2D eigenvalue weighted by atomic mass is 15.3. The van der Waals surface area contributed by atoms with E-state index < -0.39 is 0 Å². The molecule has 0 bridgehead atoms. The summed E-state index contributed by atoms with van der Waals surface area (Å²) in [5.74, 6) is 1.70. The Morgan fingerprint density at radius 3 is 2.67 bits per heavy atom. The summed E-state index contributed by atoms with van der Waals surface area (Å²) in [6.07, 6.45) is 8.58. The fourth-order valence-corrected chi connectivity index (χ4v) is 3.12. The van der Waals surface area contributed by atoms with Crippen molar-refractivity contribution in [3.05, 3.63) is 18.0 Å². The van der Waals surface area contributed by atoms with Crippen molar-refractivity contribution in [1.29, 1.82) is 0 Å². The first-order valence-electron chi connectivity index (χ1n) is 7.43. The lowest BCUT2D eigenvalue weighted by atomic mass is 9.78. The van der Waals surface area contributed by atoms with E-state index in [1.165, 1.54) is 37.8 Å². The minimum absolute atomic E-state index is 0.491. The van der Waals surface area contributed by atoms with Gasteiger partial charge in [0.1, 0.15) is 0 Å². The summed E-state index contributed by atoms with van der Waals surface area (Å²) >= 11 is 0. The highest BCUT2D eigenvalue weighted by Gasteiger charge is 2.28. The molecule has 0 spiro atoms. The molecule has 2 rings (SSSR count). The normalized spacial score (nSPS) is 26.2. The molecule has 0 aromatic carbocycles. The van der Waals surface area contributed by atoms with Gasteiger partial charge in [-0.3, -0.25) is 4.68 Å². The molecule has 3 heteroatoms. The molecule has 0 amide bonds. The fourth-order valence-electron chi connectivity index (χ4n) is 3.12. The van der Waals surface area contributed by atoms with Crippen molar-refractivity contribution in [3.8, 4) is 0 Å². The maximum atomic E-state index is 4.33. The molecule has 1 saturated carbocycles. The van der Waals surface area contributed by atoms with Crippen LogP contribution in [0.25, 0.3) is 0 Å². The number of aryl methyl sites for hydroxylation is 1. The van der Waals surface area contributed by atoms with Crippen molar-refractivity contribution in [1.82, 2.24) is 15.1 Å². The molecular formula is C15H27N3. The molecule has 1 aliphatic rings. The molecule has 1 N–H and O–H groups in total. The molecule has 0 saturated heterocycles. The van der Waals surface area contributed by atoms with Crippen molar-refractivity contribution in [2.45, 2.75) is 52.0 Å². The highest BCUT2D eigenvalue weighted by molar-refractivity contribution is 5.08. The lowest BCUT2D eigenvalue weighted by Gasteiger charge is -2.33. The van der Waals surface area contributed by atoms with Crippen LogP contribution in [-0.2, 0) is 7.05 Å². The van der Waals surface area contributed by atoms with Crippen LogP contribution in [0.2, 0.25) is 0 Å². The van der Waals surface area contributed by atoms with Gasteiger partial charge in [-0.1, -0.05) is 26.7 Å². The van der Waals surface area contributed by atoms with Crippen LogP contribution in [0.1, 0.15) is 57.7 Å². The van der Waals surface area contributed by atoms with Gasteiger partial charge in [0.25, 0.3) is 0 Å². The van der Waals surface area contributed by atoms with Gasteiger partial charge in [-0.15, -0.1) is 0 Å². The van der Waals surface area contributed by atoms with Crippen LogP contribution in [0.4, 0.5) is 0 Å². The number of aromatic nitrogens is 2. The summed E-state index contributed by atoms with van der Waals surface area (Å²) in [6.45, 7) is 5.72. The van der Waals surface area contributed by atoms with Crippen molar-refractivity contribution in [3.63, 3.8) is 0 Å². The van der Waals surface area contributed by atoms with E-state index in [0.717, 1.165) is 18.4 Å². The number of hydrogen-bond acceptors (Lipinski definition) is 2. The van der Waals surface area contributed by atoms with Crippen LogP contribution < -0.4 is 5.32 Å². The number of hydrogen-bond donors (Lipinski definition) is 1. The summed E-state index contributed by atoms with van der Waals surface area (Å²) in [6, 6.07) is 2.66. The van der Waals surface area contributed by atoms with Crippen molar-refractivity contribution in [2.24, 2.45) is 18.9 Å². The molecule has 1 heterocycles. The lowest BCUT2D eigenvalue weighted by Crippen LogP contribution is -2.32. The third-order valence-electron chi connectivity index (χ3n) is 4.32. The zero-order valence-corrected chi connectivity index (χ0v) is 12.0. The van der Waals surface area contributed by atoms with Gasteiger partial charge in [0.05, 0.1) is 11.7 Å². The van der Waals surface area contributed by atoms with E-state index >= 15 is 0 Å². The predicted octanol–water partition coefficient (Wildman–Crippen LogP) is 3.29. The van der Waals surface area contributed by atoms with Gasteiger partial charge in [-0.05, 0) is 43.7 Å². The van der Waals surface area contributed by atoms with E-state index in [2.05, 4.69) is 37.4 Å². The molecule has 1 aromatic heterocycles. The van der Waals surface area contributed by atoms with E-state index in [1.54, 1.807) is 0 Å². The number of nitrogens with one attached hydrogen (secondary N) is 1. The Labute approximate surface area is 111 Å². The third kappa shape index (κ3) is 3.14. The molecule has 3 nitrogen and oxygen atoms in total. The maximum Gasteiger partial charge on any atom is 0.0553 e. The summed E-state index contributed by atoms with van der Waals surface area (Å²) in [7, 11) is 2.06. The van der Waals surface area contributed by atoms with Gasteiger partial charge < -0.3 is 5.32 Å². The average Bonchev–Trinajstić information content (AvgIpc) is 2.78. The van der Waals surface area contributed by atoms with Gasteiger partial charge in [-0.2, -0.15) is 5.10 Å². The Morgan fingerprint density at radius 1 is 1.39 bits per heavy atom. The Bertz CT molecular complexity index is 350. The van der Waals surface area contributed by atoms with Crippen LogP contribution in [0.3, 0.4) is 0 Å². The second-order valence-corrected chi connectivity index (χ2v) is 5.83. The molecule has 1 fully saturated rings.